The molecule has 0 unspecified atom stereocenters. The molecule has 7 nitrogen and oxygen atoms in total. The van der Waals surface area contributed by atoms with E-state index in [1.807, 2.05) is 12.1 Å². The highest BCUT2D eigenvalue weighted by molar-refractivity contribution is 7.71. The van der Waals surface area contributed by atoms with Gasteiger partial charge in [0.1, 0.15) is 0 Å². The van der Waals surface area contributed by atoms with Crippen LogP contribution in [0.4, 0.5) is 13.2 Å². The van der Waals surface area contributed by atoms with Gasteiger partial charge < -0.3 is 4.90 Å². The first kappa shape index (κ1) is 22.7. The standard InChI is InChI=1S/C23H23F3N6OS/c24-23(25,26)19-6-2-1-5-18(19)21(33)30-12-10-29(11-13-30)15-31-22(34)32(17-7-8-17)20(28-31)16-4-3-9-27-14-16/h1-6,9,14,17H,7-8,10-13,15H2. The summed E-state index contributed by atoms with van der Waals surface area (Å²) in [4.78, 5) is 20.6. The highest BCUT2D eigenvalue weighted by Gasteiger charge is 2.36. The smallest absolute Gasteiger partial charge is 0.336 e. The van der Waals surface area contributed by atoms with Crippen LogP contribution in [0.25, 0.3) is 11.4 Å². The number of benzene rings is 1. The van der Waals surface area contributed by atoms with Crippen LogP contribution in [0.5, 0.6) is 0 Å². The lowest BCUT2D eigenvalue weighted by molar-refractivity contribution is -0.138. The Bertz CT molecular complexity index is 1240. The molecule has 0 atom stereocenters. The molecule has 0 N–H and O–H groups in total. The monoisotopic (exact) mass is 488 g/mol. The summed E-state index contributed by atoms with van der Waals surface area (Å²) in [6, 6.07) is 9.10. The molecule has 1 saturated carbocycles. The van der Waals surface area contributed by atoms with Gasteiger partial charge in [-0.2, -0.15) is 18.3 Å². The molecule has 2 aromatic heterocycles. The van der Waals surface area contributed by atoms with Crippen molar-refractivity contribution < 1.29 is 18.0 Å². The normalized spacial score (nSPS) is 17.2. The van der Waals surface area contributed by atoms with E-state index in [1.165, 1.54) is 23.1 Å². The van der Waals surface area contributed by atoms with Gasteiger partial charge in [0, 0.05) is 50.2 Å². The molecule has 5 rings (SSSR count). The van der Waals surface area contributed by atoms with E-state index in [1.54, 1.807) is 17.1 Å². The molecule has 2 fully saturated rings. The van der Waals surface area contributed by atoms with Crippen molar-refractivity contribution in [1.29, 1.82) is 0 Å². The van der Waals surface area contributed by atoms with Crippen LogP contribution < -0.4 is 0 Å². The van der Waals surface area contributed by atoms with Gasteiger partial charge in [-0.05, 0) is 49.3 Å². The number of hydrogen-bond acceptors (Lipinski definition) is 5. The average molecular weight is 489 g/mol. The zero-order chi connectivity index (χ0) is 23.9. The maximum absolute atomic E-state index is 13.3. The Labute approximate surface area is 199 Å². The van der Waals surface area contributed by atoms with Crippen molar-refractivity contribution in [3.8, 4) is 11.4 Å². The lowest BCUT2D eigenvalue weighted by Gasteiger charge is -2.34. The number of carbonyl (C=O) groups excluding carboxylic acids is 1. The van der Waals surface area contributed by atoms with Crippen molar-refractivity contribution in [2.24, 2.45) is 0 Å². The number of rotatable bonds is 5. The number of amides is 1. The van der Waals surface area contributed by atoms with Crippen molar-refractivity contribution in [2.45, 2.75) is 31.7 Å². The Balaban J connectivity index is 1.29. The second-order valence-electron chi connectivity index (χ2n) is 8.54. The molecule has 1 aliphatic carbocycles. The zero-order valence-corrected chi connectivity index (χ0v) is 19.1. The lowest BCUT2D eigenvalue weighted by atomic mass is 10.1. The minimum atomic E-state index is -4.57. The summed E-state index contributed by atoms with van der Waals surface area (Å²) >= 11 is 5.72. The Hall–Kier alpha value is -3.05. The second-order valence-corrected chi connectivity index (χ2v) is 8.91. The molecule has 3 aromatic rings. The molecule has 2 aliphatic rings. The van der Waals surface area contributed by atoms with Crippen LogP contribution in [0.1, 0.15) is 34.8 Å². The number of carbonyl (C=O) groups is 1. The van der Waals surface area contributed by atoms with Gasteiger partial charge in [0.25, 0.3) is 5.91 Å². The van der Waals surface area contributed by atoms with Gasteiger partial charge in [-0.15, -0.1) is 0 Å². The minimum Gasteiger partial charge on any atom is -0.336 e. The molecule has 3 heterocycles. The zero-order valence-electron chi connectivity index (χ0n) is 18.3. The topological polar surface area (TPSA) is 59.2 Å². The molecular formula is C23H23F3N6OS. The van der Waals surface area contributed by atoms with Crippen molar-refractivity contribution >= 4 is 18.1 Å². The van der Waals surface area contributed by atoms with Crippen LogP contribution in [-0.4, -0.2) is 61.2 Å². The molecular weight excluding hydrogens is 465 g/mol. The van der Waals surface area contributed by atoms with Crippen LogP contribution in [0, 0.1) is 4.77 Å². The Morgan fingerprint density at radius 1 is 1.06 bits per heavy atom. The van der Waals surface area contributed by atoms with Crippen LogP contribution in [0.3, 0.4) is 0 Å². The summed E-state index contributed by atoms with van der Waals surface area (Å²) in [5.74, 6) is 0.194. The van der Waals surface area contributed by atoms with Gasteiger partial charge in [0.15, 0.2) is 10.6 Å². The first-order valence-corrected chi connectivity index (χ1v) is 11.5. The second kappa shape index (κ2) is 8.95. The Morgan fingerprint density at radius 3 is 2.44 bits per heavy atom. The van der Waals surface area contributed by atoms with Gasteiger partial charge in [-0.3, -0.25) is 19.2 Å². The fourth-order valence-corrected chi connectivity index (χ4v) is 4.57. The molecule has 1 amide bonds. The molecule has 34 heavy (non-hydrogen) atoms. The van der Waals surface area contributed by atoms with E-state index in [2.05, 4.69) is 14.5 Å². The number of hydrogen-bond donors (Lipinski definition) is 0. The Kier molecular flexibility index (Phi) is 5.98. The van der Waals surface area contributed by atoms with E-state index in [4.69, 9.17) is 17.3 Å². The number of pyridine rings is 1. The maximum Gasteiger partial charge on any atom is 0.417 e. The third-order valence-corrected chi connectivity index (χ3v) is 6.57. The molecule has 0 radical (unpaired) electrons. The van der Waals surface area contributed by atoms with E-state index in [0.29, 0.717) is 43.7 Å². The van der Waals surface area contributed by atoms with Crippen LogP contribution >= 0.6 is 12.2 Å². The van der Waals surface area contributed by atoms with Crippen molar-refractivity contribution in [2.75, 3.05) is 26.2 Å². The summed E-state index contributed by atoms with van der Waals surface area (Å²) in [7, 11) is 0. The van der Waals surface area contributed by atoms with Crippen molar-refractivity contribution in [1.82, 2.24) is 29.1 Å². The third kappa shape index (κ3) is 4.49. The van der Waals surface area contributed by atoms with Gasteiger partial charge in [-0.1, -0.05) is 12.1 Å². The molecule has 0 spiro atoms. The van der Waals surface area contributed by atoms with Crippen LogP contribution in [0.2, 0.25) is 0 Å². The number of aromatic nitrogens is 4. The van der Waals surface area contributed by atoms with E-state index >= 15 is 0 Å². The first-order valence-electron chi connectivity index (χ1n) is 11.1. The summed E-state index contributed by atoms with van der Waals surface area (Å²) in [5, 5.41) is 4.76. The number of alkyl halides is 3. The van der Waals surface area contributed by atoms with Gasteiger partial charge in [-0.25, -0.2) is 4.68 Å². The highest BCUT2D eigenvalue weighted by atomic mass is 32.1. The van der Waals surface area contributed by atoms with Crippen LogP contribution in [0.15, 0.2) is 48.8 Å². The highest BCUT2D eigenvalue weighted by Crippen LogP contribution is 2.38. The fourth-order valence-electron chi connectivity index (χ4n) is 4.24. The first-order chi connectivity index (χ1) is 16.3. The van der Waals surface area contributed by atoms with E-state index in [0.717, 1.165) is 30.3 Å². The largest absolute Gasteiger partial charge is 0.417 e. The van der Waals surface area contributed by atoms with Gasteiger partial charge >= 0.3 is 6.18 Å². The predicted molar refractivity (Wildman–Crippen MR) is 121 cm³/mol. The molecule has 1 saturated heterocycles. The molecule has 1 aliphatic heterocycles. The third-order valence-electron chi connectivity index (χ3n) is 6.16. The summed E-state index contributed by atoms with van der Waals surface area (Å²) in [5.41, 5.74) is -0.310. The maximum atomic E-state index is 13.3. The minimum absolute atomic E-state index is 0.310. The van der Waals surface area contributed by atoms with Gasteiger partial charge in [0.05, 0.1) is 17.8 Å². The van der Waals surface area contributed by atoms with E-state index in [-0.39, 0.29) is 5.56 Å². The fraction of sp³-hybridized carbons (Fsp3) is 0.391. The average Bonchev–Trinajstić information content (AvgIpc) is 3.63. The predicted octanol–water partition coefficient (Wildman–Crippen LogP) is 4.25. The SMILES string of the molecule is O=C(c1ccccc1C(F)(F)F)N1CCN(Cn2nc(-c3cccnc3)n(C3CC3)c2=S)CC1. The number of halogens is 3. The van der Waals surface area contributed by atoms with E-state index in [9.17, 15) is 18.0 Å². The molecule has 11 heteroatoms. The Morgan fingerprint density at radius 2 is 1.79 bits per heavy atom. The number of nitrogens with zero attached hydrogens (tertiary/aromatic N) is 6. The summed E-state index contributed by atoms with van der Waals surface area (Å²) in [6.07, 6.45) is 1.03. The van der Waals surface area contributed by atoms with E-state index < -0.39 is 17.6 Å². The summed E-state index contributed by atoms with van der Waals surface area (Å²) < 4.78 is 44.5. The molecule has 0 bridgehead atoms. The lowest BCUT2D eigenvalue weighted by Crippen LogP contribution is -2.49. The quantitative estimate of drug-likeness (QED) is 0.503. The van der Waals surface area contributed by atoms with Crippen molar-refractivity contribution in [3.05, 3.63) is 64.7 Å². The van der Waals surface area contributed by atoms with Gasteiger partial charge in [0.2, 0.25) is 0 Å². The number of piperazine rings is 1. The molecule has 178 valence electrons. The molecule has 1 aromatic carbocycles. The van der Waals surface area contributed by atoms with Crippen molar-refractivity contribution in [3.63, 3.8) is 0 Å². The summed E-state index contributed by atoms with van der Waals surface area (Å²) in [6.45, 7) is 2.14. The van der Waals surface area contributed by atoms with Crippen LogP contribution in [-0.2, 0) is 12.8 Å².